The van der Waals surface area contributed by atoms with Gasteiger partial charge in [-0.05, 0) is 30.4 Å². The summed E-state index contributed by atoms with van der Waals surface area (Å²) in [5.74, 6) is -1.29. The van der Waals surface area contributed by atoms with Crippen LogP contribution in [0.2, 0.25) is 0 Å². The number of amides is 1. The minimum absolute atomic E-state index is 0.0174. The molecule has 2 N–H and O–H groups in total. The van der Waals surface area contributed by atoms with Gasteiger partial charge in [-0.15, -0.1) is 0 Å². The van der Waals surface area contributed by atoms with E-state index in [1.54, 1.807) is 0 Å². The third-order valence-corrected chi connectivity index (χ3v) is 3.58. The summed E-state index contributed by atoms with van der Waals surface area (Å²) in [5.41, 5.74) is 0.112. The molecule has 1 aromatic rings. The average Bonchev–Trinajstić information content (AvgIpc) is 2.37. The number of rotatable bonds is 3. The van der Waals surface area contributed by atoms with E-state index in [0.717, 1.165) is 25.0 Å². The monoisotopic (exact) mass is 267 g/mol. The van der Waals surface area contributed by atoms with Gasteiger partial charge in [0.1, 0.15) is 11.6 Å². The lowest BCUT2D eigenvalue weighted by atomic mass is 9.82. The topological polar surface area (TPSA) is 58.6 Å². The summed E-state index contributed by atoms with van der Waals surface area (Å²) in [6, 6.07) is 3.38. The average molecular weight is 267 g/mol. The Morgan fingerprint density at radius 1 is 1.47 bits per heavy atom. The molecule has 0 aromatic heterocycles. The van der Waals surface area contributed by atoms with Crippen LogP contribution < -0.4 is 5.32 Å². The van der Waals surface area contributed by atoms with Gasteiger partial charge < -0.3 is 15.2 Å². The Kier molecular flexibility index (Phi) is 4.04. The fourth-order valence-electron chi connectivity index (χ4n) is 2.13. The Morgan fingerprint density at radius 2 is 2.16 bits per heavy atom. The fourth-order valence-corrected chi connectivity index (χ4v) is 2.13. The van der Waals surface area contributed by atoms with Crippen LogP contribution in [0.4, 0.5) is 4.39 Å². The van der Waals surface area contributed by atoms with E-state index in [1.165, 1.54) is 6.07 Å². The molecule has 0 saturated carbocycles. The first kappa shape index (κ1) is 13.8. The third-order valence-electron chi connectivity index (χ3n) is 3.58. The number of nitrogens with one attached hydrogen (secondary N) is 1. The van der Waals surface area contributed by atoms with Gasteiger partial charge in [-0.1, -0.05) is 6.92 Å². The second-order valence-corrected chi connectivity index (χ2v) is 5.27. The van der Waals surface area contributed by atoms with Crippen LogP contribution in [0.1, 0.15) is 30.1 Å². The summed E-state index contributed by atoms with van der Waals surface area (Å²) >= 11 is 0. The third kappa shape index (κ3) is 3.44. The van der Waals surface area contributed by atoms with Crippen LogP contribution in [-0.2, 0) is 4.74 Å². The zero-order valence-corrected chi connectivity index (χ0v) is 10.9. The number of carbonyl (C=O) groups is 1. The molecule has 0 radical (unpaired) electrons. The van der Waals surface area contributed by atoms with Crippen molar-refractivity contribution in [2.75, 3.05) is 19.8 Å². The van der Waals surface area contributed by atoms with Crippen molar-refractivity contribution in [3.05, 3.63) is 29.6 Å². The molecule has 0 unspecified atom stereocenters. The first-order valence-corrected chi connectivity index (χ1v) is 6.35. The van der Waals surface area contributed by atoms with Gasteiger partial charge in [-0.3, -0.25) is 4.79 Å². The van der Waals surface area contributed by atoms with E-state index in [4.69, 9.17) is 4.74 Å². The highest BCUT2D eigenvalue weighted by molar-refractivity contribution is 5.96. The molecule has 1 aromatic carbocycles. The number of hydrogen-bond donors (Lipinski definition) is 2. The highest BCUT2D eigenvalue weighted by Crippen LogP contribution is 2.29. The number of phenolic OH excluding ortho intramolecular Hbond substituents is 1. The van der Waals surface area contributed by atoms with Gasteiger partial charge >= 0.3 is 0 Å². The van der Waals surface area contributed by atoms with Crippen molar-refractivity contribution in [1.29, 1.82) is 0 Å². The Bertz CT molecular complexity index is 470. The van der Waals surface area contributed by atoms with Crippen molar-refractivity contribution in [2.24, 2.45) is 5.41 Å². The molecular formula is C14H18FNO3. The normalized spacial score (nSPS) is 18.0. The lowest BCUT2D eigenvalue weighted by Gasteiger charge is -2.33. The lowest BCUT2D eigenvalue weighted by molar-refractivity contribution is 0.0238. The van der Waals surface area contributed by atoms with E-state index in [0.29, 0.717) is 19.8 Å². The highest BCUT2D eigenvalue weighted by Gasteiger charge is 2.28. The predicted molar refractivity (Wildman–Crippen MR) is 68.6 cm³/mol. The first-order valence-electron chi connectivity index (χ1n) is 6.35. The molecule has 0 atom stereocenters. The van der Waals surface area contributed by atoms with E-state index in [9.17, 15) is 14.3 Å². The fraction of sp³-hybridized carbons (Fsp3) is 0.500. The molecule has 19 heavy (non-hydrogen) atoms. The smallest absolute Gasteiger partial charge is 0.255 e. The molecule has 1 heterocycles. The van der Waals surface area contributed by atoms with Crippen molar-refractivity contribution < 1.29 is 19.0 Å². The Hall–Kier alpha value is -1.62. The number of hydrogen-bond acceptors (Lipinski definition) is 3. The number of ether oxygens (including phenoxy) is 1. The largest absolute Gasteiger partial charge is 0.507 e. The Labute approximate surface area is 111 Å². The number of carbonyl (C=O) groups excluding carboxylic acids is 1. The van der Waals surface area contributed by atoms with Gasteiger partial charge in [-0.25, -0.2) is 4.39 Å². The van der Waals surface area contributed by atoms with Crippen molar-refractivity contribution in [2.45, 2.75) is 19.8 Å². The van der Waals surface area contributed by atoms with E-state index in [1.807, 2.05) is 0 Å². The van der Waals surface area contributed by atoms with Crippen molar-refractivity contribution in [1.82, 2.24) is 5.32 Å². The number of phenols is 1. The van der Waals surface area contributed by atoms with Crippen LogP contribution in [0, 0.1) is 11.2 Å². The molecule has 5 heteroatoms. The van der Waals surface area contributed by atoms with Crippen molar-refractivity contribution in [3.63, 3.8) is 0 Å². The molecule has 1 aliphatic rings. The van der Waals surface area contributed by atoms with Gasteiger partial charge in [0, 0.05) is 25.8 Å². The number of halogens is 1. The van der Waals surface area contributed by atoms with Crippen molar-refractivity contribution >= 4 is 5.91 Å². The van der Waals surface area contributed by atoms with Crippen LogP contribution in [0.5, 0.6) is 5.75 Å². The van der Waals surface area contributed by atoms with Gasteiger partial charge in [0.25, 0.3) is 5.91 Å². The van der Waals surface area contributed by atoms with Crippen LogP contribution in [-0.4, -0.2) is 30.8 Å². The van der Waals surface area contributed by atoms with Crippen molar-refractivity contribution in [3.8, 4) is 5.75 Å². The molecule has 0 aliphatic carbocycles. The van der Waals surface area contributed by atoms with Crippen LogP contribution in [0.25, 0.3) is 0 Å². The first-order chi connectivity index (χ1) is 9.00. The summed E-state index contributed by atoms with van der Waals surface area (Å²) in [4.78, 5) is 11.9. The zero-order chi connectivity index (χ0) is 13.9. The molecule has 1 aliphatic heterocycles. The number of aromatic hydroxyl groups is 1. The van der Waals surface area contributed by atoms with E-state index < -0.39 is 5.82 Å². The van der Waals surface area contributed by atoms with Crippen LogP contribution in [0.3, 0.4) is 0 Å². The second-order valence-electron chi connectivity index (χ2n) is 5.27. The quantitative estimate of drug-likeness (QED) is 0.881. The molecule has 104 valence electrons. The lowest BCUT2D eigenvalue weighted by Crippen LogP contribution is -2.39. The molecule has 1 fully saturated rings. The van der Waals surface area contributed by atoms with Crippen LogP contribution >= 0.6 is 0 Å². The summed E-state index contributed by atoms with van der Waals surface area (Å²) in [6.07, 6.45) is 1.78. The maximum Gasteiger partial charge on any atom is 0.255 e. The molecule has 0 spiro atoms. The predicted octanol–water partition coefficient (Wildman–Crippen LogP) is 2.08. The molecular weight excluding hydrogens is 249 g/mol. The van der Waals surface area contributed by atoms with Gasteiger partial charge in [0.05, 0.1) is 5.56 Å². The van der Waals surface area contributed by atoms with Crippen LogP contribution in [0.15, 0.2) is 18.2 Å². The van der Waals surface area contributed by atoms with Gasteiger partial charge in [0.15, 0.2) is 0 Å². The summed E-state index contributed by atoms with van der Waals surface area (Å²) in [5, 5.41) is 12.3. The standard InChI is InChI=1S/C14H18FNO3/c1-14(4-6-19-7-5-14)9-16-13(18)11-3-2-10(15)8-12(11)17/h2-3,8,17H,4-7,9H2,1H3,(H,16,18). The minimum atomic E-state index is -0.564. The molecule has 1 saturated heterocycles. The minimum Gasteiger partial charge on any atom is -0.507 e. The highest BCUT2D eigenvalue weighted by atomic mass is 19.1. The molecule has 1 amide bonds. The molecule has 2 rings (SSSR count). The van der Waals surface area contributed by atoms with Gasteiger partial charge in [0.2, 0.25) is 0 Å². The summed E-state index contributed by atoms with van der Waals surface area (Å²) < 4.78 is 18.1. The Balaban J connectivity index is 1.97. The Morgan fingerprint density at radius 3 is 2.79 bits per heavy atom. The van der Waals surface area contributed by atoms with E-state index in [2.05, 4.69) is 12.2 Å². The maximum absolute atomic E-state index is 12.8. The summed E-state index contributed by atoms with van der Waals surface area (Å²) in [6.45, 7) is 4.02. The second kappa shape index (κ2) is 5.57. The SMILES string of the molecule is CC1(CNC(=O)c2ccc(F)cc2O)CCOCC1. The van der Waals surface area contributed by atoms with E-state index in [-0.39, 0.29) is 22.6 Å². The number of benzene rings is 1. The summed E-state index contributed by atoms with van der Waals surface area (Å²) in [7, 11) is 0. The zero-order valence-electron chi connectivity index (χ0n) is 10.9. The maximum atomic E-state index is 12.8. The van der Waals surface area contributed by atoms with E-state index >= 15 is 0 Å². The molecule has 4 nitrogen and oxygen atoms in total. The molecule has 0 bridgehead atoms. The van der Waals surface area contributed by atoms with Gasteiger partial charge in [-0.2, -0.15) is 0 Å².